The molecule has 18 heavy (non-hydrogen) atoms. The van der Waals surface area contributed by atoms with E-state index >= 15 is 0 Å². The van der Waals surface area contributed by atoms with Gasteiger partial charge in [-0.05, 0) is 31.0 Å². The second-order valence-electron chi connectivity index (χ2n) is 5.39. The lowest BCUT2D eigenvalue weighted by Gasteiger charge is -2.21. The maximum Gasteiger partial charge on any atom is 0.0331 e. The van der Waals surface area contributed by atoms with Crippen molar-refractivity contribution in [3.63, 3.8) is 0 Å². The maximum atomic E-state index is 3.50. The topological polar surface area (TPSA) is 15.3 Å². The molecule has 100 valence electrons. The van der Waals surface area contributed by atoms with E-state index in [1.807, 2.05) is 11.3 Å². The Balaban J connectivity index is 1.76. The second-order valence-corrected chi connectivity index (χ2v) is 6.64. The van der Waals surface area contributed by atoms with Gasteiger partial charge in [-0.2, -0.15) is 0 Å². The van der Waals surface area contributed by atoms with Crippen LogP contribution in [0.15, 0.2) is 24.3 Å². The Morgan fingerprint density at radius 2 is 2.11 bits per heavy atom. The molecule has 1 aromatic heterocycles. The zero-order chi connectivity index (χ0) is 12.8. The molecule has 0 aliphatic carbocycles. The van der Waals surface area contributed by atoms with Gasteiger partial charge in [0.2, 0.25) is 0 Å². The van der Waals surface area contributed by atoms with Crippen LogP contribution in [0.1, 0.15) is 30.0 Å². The van der Waals surface area contributed by atoms with Crippen molar-refractivity contribution < 1.29 is 0 Å². The summed E-state index contributed by atoms with van der Waals surface area (Å²) in [6, 6.07) is 4.56. The van der Waals surface area contributed by atoms with Crippen LogP contribution < -0.4 is 5.32 Å². The van der Waals surface area contributed by atoms with E-state index in [1.54, 1.807) is 0 Å². The average Bonchev–Trinajstić information content (AvgIpc) is 2.78. The van der Waals surface area contributed by atoms with Gasteiger partial charge in [-0.1, -0.05) is 26.0 Å². The Morgan fingerprint density at radius 1 is 1.28 bits per heavy atom. The van der Waals surface area contributed by atoms with Gasteiger partial charge in [0, 0.05) is 35.9 Å². The first-order valence-electron chi connectivity index (χ1n) is 6.89. The maximum absolute atomic E-state index is 3.50. The second kappa shape index (κ2) is 7.07. The SMILES string of the molecule is CC(C)CNCc1ccc(CN2CC=CCC2)s1. The first-order valence-corrected chi connectivity index (χ1v) is 7.71. The Bertz CT molecular complexity index is 382. The molecule has 0 fully saturated rings. The number of nitrogens with one attached hydrogen (secondary N) is 1. The molecule has 0 spiro atoms. The first-order chi connectivity index (χ1) is 8.74. The fourth-order valence-corrected chi connectivity index (χ4v) is 3.17. The lowest BCUT2D eigenvalue weighted by Crippen LogP contribution is -2.26. The van der Waals surface area contributed by atoms with E-state index in [0.29, 0.717) is 0 Å². The van der Waals surface area contributed by atoms with Crippen LogP contribution in [0.25, 0.3) is 0 Å². The fourth-order valence-electron chi connectivity index (χ4n) is 2.14. The number of nitrogens with zero attached hydrogens (tertiary/aromatic N) is 1. The molecule has 0 saturated carbocycles. The summed E-state index contributed by atoms with van der Waals surface area (Å²) in [6.45, 7) is 10.0. The highest BCUT2D eigenvalue weighted by Crippen LogP contribution is 2.19. The third-order valence-corrected chi connectivity index (χ3v) is 4.16. The Morgan fingerprint density at radius 3 is 2.83 bits per heavy atom. The van der Waals surface area contributed by atoms with E-state index < -0.39 is 0 Å². The van der Waals surface area contributed by atoms with Gasteiger partial charge in [-0.25, -0.2) is 0 Å². The third-order valence-electron chi connectivity index (χ3n) is 3.09. The molecule has 0 saturated heterocycles. The first kappa shape index (κ1) is 13.8. The fraction of sp³-hybridized carbons (Fsp3) is 0.600. The Labute approximate surface area is 115 Å². The molecular weight excluding hydrogens is 240 g/mol. The van der Waals surface area contributed by atoms with Crippen LogP contribution in [0.2, 0.25) is 0 Å². The molecule has 2 rings (SSSR count). The van der Waals surface area contributed by atoms with Crippen molar-refractivity contribution in [3.8, 4) is 0 Å². The summed E-state index contributed by atoms with van der Waals surface area (Å²) in [6.07, 6.45) is 5.77. The standard InChI is InChI=1S/C15H24N2S/c1-13(2)10-16-11-14-6-7-15(18-14)12-17-8-4-3-5-9-17/h3-4,6-7,13,16H,5,8-12H2,1-2H3. The summed E-state index contributed by atoms with van der Waals surface area (Å²) in [5.74, 6) is 0.726. The minimum atomic E-state index is 0.726. The minimum absolute atomic E-state index is 0.726. The van der Waals surface area contributed by atoms with E-state index in [4.69, 9.17) is 0 Å². The van der Waals surface area contributed by atoms with Crippen molar-refractivity contribution in [1.82, 2.24) is 10.2 Å². The van der Waals surface area contributed by atoms with Gasteiger partial charge < -0.3 is 5.32 Å². The molecule has 0 aromatic carbocycles. The quantitative estimate of drug-likeness (QED) is 0.793. The molecule has 1 aliphatic rings. The summed E-state index contributed by atoms with van der Waals surface area (Å²) in [5, 5.41) is 3.50. The molecule has 1 aliphatic heterocycles. The van der Waals surface area contributed by atoms with Crippen molar-refractivity contribution >= 4 is 11.3 Å². The zero-order valence-electron chi connectivity index (χ0n) is 11.5. The van der Waals surface area contributed by atoms with Gasteiger partial charge in [-0.3, -0.25) is 4.90 Å². The number of hydrogen-bond donors (Lipinski definition) is 1. The number of thiophene rings is 1. The van der Waals surface area contributed by atoms with Gasteiger partial charge in [0.05, 0.1) is 0 Å². The van der Waals surface area contributed by atoms with Crippen LogP contribution in [-0.2, 0) is 13.1 Å². The molecule has 3 heteroatoms. The summed E-state index contributed by atoms with van der Waals surface area (Å²) in [7, 11) is 0. The minimum Gasteiger partial charge on any atom is -0.312 e. The summed E-state index contributed by atoms with van der Waals surface area (Å²) in [4.78, 5) is 5.46. The number of hydrogen-bond acceptors (Lipinski definition) is 3. The van der Waals surface area contributed by atoms with Gasteiger partial charge in [0.25, 0.3) is 0 Å². The van der Waals surface area contributed by atoms with Gasteiger partial charge in [0.1, 0.15) is 0 Å². The highest BCUT2D eigenvalue weighted by atomic mass is 32.1. The van der Waals surface area contributed by atoms with E-state index in [9.17, 15) is 0 Å². The smallest absolute Gasteiger partial charge is 0.0331 e. The molecular formula is C15H24N2S. The van der Waals surface area contributed by atoms with Crippen molar-refractivity contribution in [2.45, 2.75) is 33.4 Å². The summed E-state index contributed by atoms with van der Waals surface area (Å²) < 4.78 is 0. The molecule has 2 nitrogen and oxygen atoms in total. The molecule has 1 aromatic rings. The zero-order valence-corrected chi connectivity index (χ0v) is 12.3. The van der Waals surface area contributed by atoms with Crippen molar-refractivity contribution in [2.75, 3.05) is 19.6 Å². The highest BCUT2D eigenvalue weighted by molar-refractivity contribution is 7.11. The molecule has 0 unspecified atom stereocenters. The molecule has 2 heterocycles. The largest absolute Gasteiger partial charge is 0.312 e. The monoisotopic (exact) mass is 264 g/mol. The predicted octanol–water partition coefficient (Wildman–Crippen LogP) is 3.26. The van der Waals surface area contributed by atoms with Crippen LogP contribution in [-0.4, -0.2) is 24.5 Å². The summed E-state index contributed by atoms with van der Waals surface area (Å²) in [5.41, 5.74) is 0. The van der Waals surface area contributed by atoms with Crippen LogP contribution in [0, 0.1) is 5.92 Å². The lowest BCUT2D eigenvalue weighted by molar-refractivity contribution is 0.293. The highest BCUT2D eigenvalue weighted by Gasteiger charge is 2.08. The van der Waals surface area contributed by atoms with Gasteiger partial charge in [-0.15, -0.1) is 11.3 Å². The van der Waals surface area contributed by atoms with Crippen molar-refractivity contribution in [2.24, 2.45) is 5.92 Å². The molecule has 0 atom stereocenters. The average molecular weight is 264 g/mol. The van der Waals surface area contributed by atoms with E-state index in [-0.39, 0.29) is 0 Å². The predicted molar refractivity (Wildman–Crippen MR) is 79.9 cm³/mol. The summed E-state index contributed by atoms with van der Waals surface area (Å²) >= 11 is 1.95. The van der Waals surface area contributed by atoms with Crippen LogP contribution in [0.3, 0.4) is 0 Å². The van der Waals surface area contributed by atoms with E-state index in [0.717, 1.165) is 32.1 Å². The van der Waals surface area contributed by atoms with E-state index in [2.05, 4.69) is 48.3 Å². The molecule has 0 amide bonds. The van der Waals surface area contributed by atoms with Crippen molar-refractivity contribution in [3.05, 3.63) is 34.0 Å². The van der Waals surface area contributed by atoms with Crippen LogP contribution >= 0.6 is 11.3 Å². The Kier molecular flexibility index (Phi) is 5.42. The van der Waals surface area contributed by atoms with Gasteiger partial charge in [0.15, 0.2) is 0 Å². The van der Waals surface area contributed by atoms with Crippen molar-refractivity contribution in [1.29, 1.82) is 0 Å². The number of rotatable bonds is 6. The normalized spacial score (nSPS) is 16.6. The third kappa shape index (κ3) is 4.56. The van der Waals surface area contributed by atoms with Gasteiger partial charge >= 0.3 is 0 Å². The molecule has 0 bridgehead atoms. The Hall–Kier alpha value is -0.640. The van der Waals surface area contributed by atoms with Crippen LogP contribution in [0.4, 0.5) is 0 Å². The van der Waals surface area contributed by atoms with Crippen LogP contribution in [0.5, 0.6) is 0 Å². The molecule has 1 N–H and O–H groups in total. The lowest BCUT2D eigenvalue weighted by atomic mass is 10.2. The molecule has 0 radical (unpaired) electrons. The van der Waals surface area contributed by atoms with E-state index in [1.165, 1.54) is 22.7 Å².